The van der Waals surface area contributed by atoms with Gasteiger partial charge in [0.15, 0.2) is 5.82 Å². The molecule has 1 aliphatic rings. The number of hydrogen-bond acceptors (Lipinski definition) is 4. The fraction of sp³-hybridized carbons (Fsp3) is 0.583. The topological polar surface area (TPSA) is 60.6 Å². The van der Waals surface area contributed by atoms with Gasteiger partial charge in [0.2, 0.25) is 5.95 Å². The number of rotatable bonds is 4. The van der Waals surface area contributed by atoms with Crippen LogP contribution in [0.5, 0.6) is 0 Å². The van der Waals surface area contributed by atoms with E-state index in [0.29, 0.717) is 12.6 Å². The number of nitrogens with one attached hydrogen (secondary N) is 1. The molecule has 6 heteroatoms. The van der Waals surface area contributed by atoms with Crippen LogP contribution in [-0.4, -0.2) is 24.3 Å². The van der Waals surface area contributed by atoms with Gasteiger partial charge in [0.05, 0.1) is 6.54 Å². The molecular formula is C12H18N6. The number of aromatic nitrogens is 5. The Hall–Kier alpha value is -1.85. The Morgan fingerprint density at radius 1 is 1.39 bits per heavy atom. The predicted molar refractivity (Wildman–Crippen MR) is 68.1 cm³/mol. The van der Waals surface area contributed by atoms with Crippen molar-refractivity contribution in [3.63, 3.8) is 0 Å². The molecule has 6 nitrogen and oxygen atoms in total. The molecule has 1 aliphatic carbocycles. The highest BCUT2D eigenvalue weighted by Gasteiger charge is 2.19. The minimum absolute atomic E-state index is 0.606. The Bertz CT molecular complexity index is 508. The van der Waals surface area contributed by atoms with Gasteiger partial charge in [0.25, 0.3) is 0 Å². The van der Waals surface area contributed by atoms with Crippen LogP contribution in [0, 0.1) is 0 Å². The molecule has 2 heterocycles. The zero-order valence-corrected chi connectivity index (χ0v) is 10.6. The van der Waals surface area contributed by atoms with E-state index in [2.05, 4.69) is 31.3 Å². The second-order valence-corrected chi connectivity index (χ2v) is 4.81. The SMILES string of the molecule is Cn1cnnc1CNc1nccn1C1CCCC1. The van der Waals surface area contributed by atoms with E-state index in [1.807, 2.05) is 17.8 Å². The summed E-state index contributed by atoms with van der Waals surface area (Å²) in [5.74, 6) is 1.85. The highest BCUT2D eigenvalue weighted by molar-refractivity contribution is 5.27. The first-order valence-electron chi connectivity index (χ1n) is 6.44. The summed E-state index contributed by atoms with van der Waals surface area (Å²) in [4.78, 5) is 4.38. The molecular weight excluding hydrogens is 228 g/mol. The van der Waals surface area contributed by atoms with Gasteiger partial charge < -0.3 is 14.5 Å². The normalized spacial score (nSPS) is 16.3. The third-order valence-corrected chi connectivity index (χ3v) is 3.60. The Labute approximate surface area is 106 Å². The van der Waals surface area contributed by atoms with Crippen molar-refractivity contribution in [3.8, 4) is 0 Å². The van der Waals surface area contributed by atoms with E-state index >= 15 is 0 Å². The Kier molecular flexibility index (Phi) is 3.00. The van der Waals surface area contributed by atoms with Gasteiger partial charge in [0, 0.05) is 25.5 Å². The number of nitrogens with zero attached hydrogens (tertiary/aromatic N) is 5. The molecule has 0 spiro atoms. The van der Waals surface area contributed by atoms with E-state index in [-0.39, 0.29) is 0 Å². The monoisotopic (exact) mass is 246 g/mol. The molecule has 3 rings (SSSR count). The minimum atomic E-state index is 0.606. The Morgan fingerprint density at radius 3 is 2.94 bits per heavy atom. The molecule has 18 heavy (non-hydrogen) atoms. The molecule has 2 aromatic rings. The summed E-state index contributed by atoms with van der Waals surface area (Å²) >= 11 is 0. The first-order valence-corrected chi connectivity index (χ1v) is 6.44. The molecule has 0 unspecified atom stereocenters. The lowest BCUT2D eigenvalue weighted by atomic mass is 10.2. The molecule has 0 atom stereocenters. The van der Waals surface area contributed by atoms with Gasteiger partial charge in [0.1, 0.15) is 6.33 Å². The van der Waals surface area contributed by atoms with Crippen molar-refractivity contribution in [3.05, 3.63) is 24.5 Å². The molecule has 1 fully saturated rings. The van der Waals surface area contributed by atoms with Crippen LogP contribution in [0.2, 0.25) is 0 Å². The Balaban J connectivity index is 1.69. The van der Waals surface area contributed by atoms with E-state index in [1.165, 1.54) is 25.7 Å². The van der Waals surface area contributed by atoms with E-state index < -0.39 is 0 Å². The summed E-state index contributed by atoms with van der Waals surface area (Å²) in [6.07, 6.45) is 10.8. The summed E-state index contributed by atoms with van der Waals surface area (Å²) in [5.41, 5.74) is 0. The third kappa shape index (κ3) is 2.10. The molecule has 2 aromatic heterocycles. The molecule has 0 amide bonds. The van der Waals surface area contributed by atoms with Crippen LogP contribution in [0.15, 0.2) is 18.7 Å². The molecule has 0 aliphatic heterocycles. The average molecular weight is 246 g/mol. The van der Waals surface area contributed by atoms with Crippen LogP contribution in [-0.2, 0) is 13.6 Å². The fourth-order valence-corrected chi connectivity index (χ4v) is 2.55. The lowest BCUT2D eigenvalue weighted by Crippen LogP contribution is -2.12. The van der Waals surface area contributed by atoms with Crippen molar-refractivity contribution in [2.24, 2.45) is 7.05 Å². The molecule has 1 N–H and O–H groups in total. The Morgan fingerprint density at radius 2 is 2.22 bits per heavy atom. The van der Waals surface area contributed by atoms with Gasteiger partial charge in [-0.05, 0) is 12.8 Å². The molecule has 96 valence electrons. The molecule has 0 radical (unpaired) electrons. The highest BCUT2D eigenvalue weighted by Crippen LogP contribution is 2.31. The van der Waals surface area contributed by atoms with Gasteiger partial charge in [-0.3, -0.25) is 0 Å². The number of hydrogen-bond donors (Lipinski definition) is 1. The van der Waals surface area contributed by atoms with Gasteiger partial charge in [-0.25, -0.2) is 4.98 Å². The summed E-state index contributed by atoms with van der Waals surface area (Å²) in [6.45, 7) is 0.653. The molecule has 0 saturated heterocycles. The van der Waals surface area contributed by atoms with Gasteiger partial charge >= 0.3 is 0 Å². The summed E-state index contributed by atoms with van der Waals surface area (Å²) in [6, 6.07) is 0.606. The van der Waals surface area contributed by atoms with Crippen LogP contribution in [0.3, 0.4) is 0 Å². The predicted octanol–water partition coefficient (Wildman–Crippen LogP) is 1.74. The van der Waals surface area contributed by atoms with E-state index in [0.717, 1.165) is 11.8 Å². The first-order chi connectivity index (χ1) is 8.84. The number of anilines is 1. The second-order valence-electron chi connectivity index (χ2n) is 4.81. The van der Waals surface area contributed by atoms with Crippen molar-refractivity contribution in [1.82, 2.24) is 24.3 Å². The number of imidazole rings is 1. The standard InChI is InChI=1S/C12H18N6/c1-17-9-15-16-11(17)8-14-12-13-6-7-18(12)10-4-2-3-5-10/h6-7,9-10H,2-5,8H2,1H3,(H,13,14). The average Bonchev–Trinajstić information content (AvgIpc) is 3.07. The van der Waals surface area contributed by atoms with E-state index in [9.17, 15) is 0 Å². The lowest BCUT2D eigenvalue weighted by Gasteiger charge is -2.15. The molecule has 0 aromatic carbocycles. The molecule has 0 bridgehead atoms. The highest BCUT2D eigenvalue weighted by atomic mass is 15.3. The zero-order valence-electron chi connectivity index (χ0n) is 10.6. The van der Waals surface area contributed by atoms with E-state index in [1.54, 1.807) is 6.33 Å². The number of aryl methyl sites for hydroxylation is 1. The van der Waals surface area contributed by atoms with Gasteiger partial charge in [-0.1, -0.05) is 12.8 Å². The second kappa shape index (κ2) is 4.80. The van der Waals surface area contributed by atoms with Crippen molar-refractivity contribution in [1.29, 1.82) is 0 Å². The first kappa shape index (κ1) is 11.3. The smallest absolute Gasteiger partial charge is 0.203 e. The maximum Gasteiger partial charge on any atom is 0.203 e. The lowest BCUT2D eigenvalue weighted by molar-refractivity contribution is 0.522. The van der Waals surface area contributed by atoms with Crippen LogP contribution in [0.1, 0.15) is 37.5 Å². The van der Waals surface area contributed by atoms with Crippen LogP contribution >= 0.6 is 0 Å². The largest absolute Gasteiger partial charge is 0.348 e. The van der Waals surface area contributed by atoms with Crippen molar-refractivity contribution >= 4 is 5.95 Å². The van der Waals surface area contributed by atoms with Crippen LogP contribution < -0.4 is 5.32 Å². The van der Waals surface area contributed by atoms with Crippen molar-refractivity contribution in [2.75, 3.05) is 5.32 Å². The third-order valence-electron chi connectivity index (χ3n) is 3.60. The van der Waals surface area contributed by atoms with Crippen LogP contribution in [0.4, 0.5) is 5.95 Å². The molecule has 1 saturated carbocycles. The quantitative estimate of drug-likeness (QED) is 0.892. The van der Waals surface area contributed by atoms with Gasteiger partial charge in [-0.15, -0.1) is 10.2 Å². The van der Waals surface area contributed by atoms with Crippen molar-refractivity contribution < 1.29 is 0 Å². The van der Waals surface area contributed by atoms with Gasteiger partial charge in [-0.2, -0.15) is 0 Å². The van der Waals surface area contributed by atoms with Crippen molar-refractivity contribution in [2.45, 2.75) is 38.3 Å². The summed E-state index contributed by atoms with van der Waals surface area (Å²) in [5, 5.41) is 11.3. The van der Waals surface area contributed by atoms with E-state index in [4.69, 9.17) is 0 Å². The maximum absolute atomic E-state index is 4.38. The zero-order chi connectivity index (χ0) is 12.4. The van der Waals surface area contributed by atoms with Crippen LogP contribution in [0.25, 0.3) is 0 Å². The maximum atomic E-state index is 4.38. The summed E-state index contributed by atoms with van der Waals surface area (Å²) < 4.78 is 4.17. The summed E-state index contributed by atoms with van der Waals surface area (Å²) in [7, 11) is 1.94. The fourth-order valence-electron chi connectivity index (χ4n) is 2.55. The minimum Gasteiger partial charge on any atom is -0.348 e.